The second-order valence-electron chi connectivity index (χ2n) is 5.63. The number of thioether (sulfide) groups is 1. The molecular formula is C21H14N2OS. The van der Waals surface area contributed by atoms with Crippen LogP contribution in [0.4, 0.5) is 0 Å². The highest BCUT2D eigenvalue weighted by molar-refractivity contribution is 7.99. The van der Waals surface area contributed by atoms with Crippen LogP contribution in [0.25, 0.3) is 12.2 Å². The summed E-state index contributed by atoms with van der Waals surface area (Å²) in [6.45, 7) is 0. The van der Waals surface area contributed by atoms with E-state index < -0.39 is 0 Å². The van der Waals surface area contributed by atoms with Gasteiger partial charge < -0.3 is 0 Å². The van der Waals surface area contributed by atoms with Gasteiger partial charge in [-0.1, -0.05) is 24.3 Å². The van der Waals surface area contributed by atoms with Crippen LogP contribution in [-0.2, 0) is 4.79 Å². The smallest absolute Gasteiger partial charge is 0.186 e. The molecule has 0 saturated carbocycles. The lowest BCUT2D eigenvalue weighted by atomic mass is 10.00. The fourth-order valence-electron chi connectivity index (χ4n) is 2.53. The predicted molar refractivity (Wildman–Crippen MR) is 101 cm³/mol. The van der Waals surface area contributed by atoms with E-state index in [0.717, 1.165) is 22.3 Å². The molecule has 3 rings (SSSR count). The van der Waals surface area contributed by atoms with Crippen LogP contribution in [0.2, 0.25) is 0 Å². The minimum Gasteiger partial charge on any atom is -0.289 e. The molecule has 4 heteroatoms. The van der Waals surface area contributed by atoms with Crippen molar-refractivity contribution >= 4 is 29.7 Å². The van der Waals surface area contributed by atoms with Crippen molar-refractivity contribution < 1.29 is 4.79 Å². The first kappa shape index (κ1) is 16.8. The number of nitriles is 2. The third-order valence-corrected chi connectivity index (χ3v) is 4.89. The zero-order chi connectivity index (χ0) is 17.6. The monoisotopic (exact) mass is 342 g/mol. The summed E-state index contributed by atoms with van der Waals surface area (Å²) in [4.78, 5) is 12.7. The Morgan fingerprint density at radius 2 is 1.16 bits per heavy atom. The maximum Gasteiger partial charge on any atom is 0.186 e. The van der Waals surface area contributed by atoms with Gasteiger partial charge in [-0.2, -0.15) is 22.3 Å². The Kier molecular flexibility index (Phi) is 5.14. The first-order valence-electron chi connectivity index (χ1n) is 7.73. The van der Waals surface area contributed by atoms with Crippen molar-refractivity contribution in [1.82, 2.24) is 0 Å². The summed E-state index contributed by atoms with van der Waals surface area (Å²) in [5.41, 5.74) is 4.58. The summed E-state index contributed by atoms with van der Waals surface area (Å²) in [6.07, 6.45) is 3.78. The Labute approximate surface area is 150 Å². The van der Waals surface area contributed by atoms with Gasteiger partial charge in [-0.25, -0.2) is 0 Å². The molecule has 0 unspecified atom stereocenters. The summed E-state index contributed by atoms with van der Waals surface area (Å²) >= 11 is 1.71. The number of rotatable bonds is 2. The van der Waals surface area contributed by atoms with Crippen molar-refractivity contribution in [3.63, 3.8) is 0 Å². The molecule has 25 heavy (non-hydrogen) atoms. The van der Waals surface area contributed by atoms with Gasteiger partial charge in [0.25, 0.3) is 0 Å². The van der Waals surface area contributed by atoms with Crippen LogP contribution in [0.1, 0.15) is 22.3 Å². The van der Waals surface area contributed by atoms with Crippen molar-refractivity contribution in [3.8, 4) is 12.1 Å². The molecule has 0 N–H and O–H groups in total. The zero-order valence-electron chi connectivity index (χ0n) is 13.4. The molecule has 0 aliphatic carbocycles. The quantitative estimate of drug-likeness (QED) is 0.767. The maximum absolute atomic E-state index is 12.7. The maximum atomic E-state index is 12.7. The van der Waals surface area contributed by atoms with Gasteiger partial charge in [-0.3, -0.25) is 4.79 Å². The average Bonchev–Trinajstić information content (AvgIpc) is 2.66. The summed E-state index contributed by atoms with van der Waals surface area (Å²) in [6, 6.07) is 18.6. The van der Waals surface area contributed by atoms with Gasteiger partial charge in [0.2, 0.25) is 0 Å². The minimum absolute atomic E-state index is 0.0625. The highest BCUT2D eigenvalue weighted by Gasteiger charge is 2.20. The first-order chi connectivity index (χ1) is 12.2. The lowest BCUT2D eigenvalue weighted by Gasteiger charge is -2.16. The minimum atomic E-state index is 0.0625. The summed E-state index contributed by atoms with van der Waals surface area (Å²) < 4.78 is 0. The fourth-order valence-corrected chi connectivity index (χ4v) is 3.50. The number of carbonyl (C=O) groups excluding carboxylic acids is 1. The molecule has 0 aromatic heterocycles. The van der Waals surface area contributed by atoms with Crippen molar-refractivity contribution in [2.45, 2.75) is 0 Å². The Morgan fingerprint density at radius 3 is 1.52 bits per heavy atom. The molecule has 1 saturated heterocycles. The van der Waals surface area contributed by atoms with E-state index in [4.69, 9.17) is 10.5 Å². The van der Waals surface area contributed by atoms with Gasteiger partial charge >= 0.3 is 0 Å². The Bertz CT molecular complexity index is 862. The molecule has 0 atom stereocenters. The molecule has 3 nitrogen and oxygen atoms in total. The summed E-state index contributed by atoms with van der Waals surface area (Å²) in [7, 11) is 0. The molecule has 1 fully saturated rings. The highest BCUT2D eigenvalue weighted by atomic mass is 32.2. The van der Waals surface area contributed by atoms with Gasteiger partial charge in [-0.15, -0.1) is 0 Å². The van der Waals surface area contributed by atoms with E-state index >= 15 is 0 Å². The largest absolute Gasteiger partial charge is 0.289 e. The molecule has 1 aliphatic heterocycles. The average molecular weight is 342 g/mol. The number of nitrogens with zero attached hydrogens (tertiary/aromatic N) is 2. The third kappa shape index (κ3) is 4.07. The van der Waals surface area contributed by atoms with Crippen LogP contribution in [0.15, 0.2) is 59.7 Å². The van der Waals surface area contributed by atoms with Crippen LogP contribution >= 0.6 is 11.8 Å². The fraction of sp³-hybridized carbons (Fsp3) is 0.0952. The number of ketones is 1. The van der Waals surface area contributed by atoms with Gasteiger partial charge in [-0.05, 0) is 47.5 Å². The van der Waals surface area contributed by atoms with Crippen LogP contribution in [0.5, 0.6) is 0 Å². The Hall–Kier alpha value is -3.08. The van der Waals surface area contributed by atoms with Gasteiger partial charge in [0.1, 0.15) is 0 Å². The summed E-state index contributed by atoms with van der Waals surface area (Å²) in [5, 5.41) is 17.7. The number of carbonyl (C=O) groups is 1. The molecule has 1 aliphatic rings. The van der Waals surface area contributed by atoms with Gasteiger partial charge in [0, 0.05) is 22.7 Å². The molecule has 2 aromatic carbocycles. The zero-order valence-corrected chi connectivity index (χ0v) is 14.2. The van der Waals surface area contributed by atoms with Crippen LogP contribution in [-0.4, -0.2) is 17.3 Å². The topological polar surface area (TPSA) is 64.7 Å². The SMILES string of the molecule is N#Cc1ccc(/C=C2\CSC/C(=C\c3ccc(C#N)cc3)C2=O)cc1. The van der Waals surface area contributed by atoms with Crippen molar-refractivity contribution in [2.24, 2.45) is 0 Å². The predicted octanol–water partition coefficient (Wildman–Crippen LogP) is 4.21. The van der Waals surface area contributed by atoms with E-state index in [9.17, 15) is 4.79 Å². The molecule has 0 bridgehead atoms. The number of hydrogen-bond donors (Lipinski definition) is 0. The molecule has 1 heterocycles. The van der Waals surface area contributed by atoms with Crippen molar-refractivity contribution in [1.29, 1.82) is 10.5 Å². The van der Waals surface area contributed by atoms with Gasteiger partial charge in [0.05, 0.1) is 23.3 Å². The Balaban J connectivity index is 1.84. The number of benzene rings is 2. The molecule has 0 radical (unpaired) electrons. The van der Waals surface area contributed by atoms with Gasteiger partial charge in [0.15, 0.2) is 5.78 Å². The van der Waals surface area contributed by atoms with Crippen LogP contribution < -0.4 is 0 Å². The third-order valence-electron chi connectivity index (χ3n) is 3.86. The van der Waals surface area contributed by atoms with E-state index in [0.29, 0.717) is 22.6 Å². The summed E-state index contributed by atoms with van der Waals surface area (Å²) in [5.74, 6) is 1.43. The number of Topliss-reactive ketones (excluding diaryl/α,β-unsaturated/α-hetero) is 1. The molecule has 120 valence electrons. The first-order valence-corrected chi connectivity index (χ1v) is 8.89. The molecule has 0 amide bonds. The van der Waals surface area contributed by atoms with E-state index in [1.54, 1.807) is 36.0 Å². The van der Waals surface area contributed by atoms with Crippen molar-refractivity contribution in [3.05, 3.63) is 81.9 Å². The lowest BCUT2D eigenvalue weighted by Crippen LogP contribution is -2.16. The molecule has 0 spiro atoms. The standard InChI is InChI=1S/C21H14N2OS/c22-11-17-5-1-15(2-6-17)9-19-13-25-14-20(21(19)24)10-16-3-7-18(12-23)8-4-16/h1-10H,13-14H2/b19-9+,20-10+. The van der Waals surface area contributed by atoms with E-state index in [-0.39, 0.29) is 5.78 Å². The van der Waals surface area contributed by atoms with E-state index in [1.807, 2.05) is 36.4 Å². The Morgan fingerprint density at radius 1 is 0.760 bits per heavy atom. The van der Waals surface area contributed by atoms with Crippen LogP contribution in [0.3, 0.4) is 0 Å². The van der Waals surface area contributed by atoms with Crippen LogP contribution in [0, 0.1) is 22.7 Å². The highest BCUT2D eigenvalue weighted by Crippen LogP contribution is 2.27. The normalized spacial score (nSPS) is 17.3. The number of hydrogen-bond acceptors (Lipinski definition) is 4. The second kappa shape index (κ2) is 7.66. The van der Waals surface area contributed by atoms with E-state index in [1.165, 1.54) is 0 Å². The van der Waals surface area contributed by atoms with E-state index in [2.05, 4.69) is 12.1 Å². The molecule has 2 aromatic rings. The second-order valence-corrected chi connectivity index (χ2v) is 6.61. The lowest BCUT2D eigenvalue weighted by molar-refractivity contribution is -0.112. The van der Waals surface area contributed by atoms with Crippen molar-refractivity contribution in [2.75, 3.05) is 11.5 Å². The molecular weight excluding hydrogens is 328 g/mol.